The number of aliphatic carboxylic acids is 1. The molecule has 0 fully saturated rings. The molecule has 0 aliphatic rings. The average Bonchev–Trinajstić information content (AvgIpc) is 3.33. The van der Waals surface area contributed by atoms with E-state index in [-0.39, 0.29) is 18.6 Å². The summed E-state index contributed by atoms with van der Waals surface area (Å²) in [6.45, 7) is 0. The molecule has 2 aromatic carbocycles. The number of rotatable bonds is 14. The van der Waals surface area contributed by atoms with Crippen molar-refractivity contribution in [2.24, 2.45) is 11.5 Å². The van der Waals surface area contributed by atoms with Crippen LogP contribution in [0.3, 0.4) is 0 Å². The lowest BCUT2D eigenvalue weighted by atomic mass is 10.0. The number of hydrogen-bond acceptors (Lipinski definition) is 7. The largest absolute Gasteiger partial charge is 0.480 e. The van der Waals surface area contributed by atoms with Gasteiger partial charge in [0, 0.05) is 29.3 Å². The number of fused-ring (bicyclic) bond motifs is 1. The Balaban J connectivity index is 1.65. The molecule has 12 nitrogen and oxygen atoms in total. The van der Waals surface area contributed by atoms with E-state index in [0.717, 1.165) is 16.5 Å². The Bertz CT molecular complexity index is 1360. The van der Waals surface area contributed by atoms with Gasteiger partial charge in [0.25, 0.3) is 0 Å². The Morgan fingerprint density at radius 3 is 2.08 bits per heavy atom. The number of hydrogen-bond donors (Lipinski definition) is 8. The van der Waals surface area contributed by atoms with Crippen molar-refractivity contribution < 1.29 is 29.1 Å². The van der Waals surface area contributed by atoms with E-state index < -0.39 is 60.2 Å². The van der Waals surface area contributed by atoms with Crippen molar-refractivity contribution in [1.82, 2.24) is 20.9 Å². The Hall–Kier alpha value is -4.36. The van der Waals surface area contributed by atoms with E-state index in [1.807, 2.05) is 30.3 Å². The van der Waals surface area contributed by atoms with Crippen LogP contribution in [0.2, 0.25) is 0 Å². The molecular formula is C27H32N6O6S. The molecule has 0 bridgehead atoms. The van der Waals surface area contributed by atoms with Gasteiger partial charge >= 0.3 is 5.97 Å². The molecule has 4 amide bonds. The van der Waals surface area contributed by atoms with Gasteiger partial charge in [-0.25, -0.2) is 4.79 Å². The van der Waals surface area contributed by atoms with Gasteiger partial charge in [-0.05, 0) is 23.6 Å². The normalized spacial score (nSPS) is 13.9. The fourth-order valence-corrected chi connectivity index (χ4v) is 4.37. The molecule has 40 heavy (non-hydrogen) atoms. The average molecular weight is 569 g/mol. The van der Waals surface area contributed by atoms with Gasteiger partial charge in [0.05, 0.1) is 12.5 Å². The van der Waals surface area contributed by atoms with Crippen LogP contribution in [0.1, 0.15) is 17.5 Å². The lowest BCUT2D eigenvalue weighted by Gasteiger charge is -2.24. The van der Waals surface area contributed by atoms with Crippen molar-refractivity contribution in [3.8, 4) is 0 Å². The molecule has 1 heterocycles. The number of aromatic nitrogens is 1. The monoisotopic (exact) mass is 568 g/mol. The molecule has 3 rings (SSSR count). The molecular weight excluding hydrogens is 536 g/mol. The Labute approximate surface area is 235 Å². The highest BCUT2D eigenvalue weighted by molar-refractivity contribution is 7.80. The molecule has 9 N–H and O–H groups in total. The van der Waals surface area contributed by atoms with E-state index in [1.165, 1.54) is 0 Å². The minimum atomic E-state index is -1.41. The lowest BCUT2D eigenvalue weighted by Crippen LogP contribution is -2.58. The molecule has 4 atom stereocenters. The maximum absolute atomic E-state index is 13.0. The zero-order valence-corrected chi connectivity index (χ0v) is 22.4. The van der Waals surface area contributed by atoms with E-state index in [9.17, 15) is 29.1 Å². The summed E-state index contributed by atoms with van der Waals surface area (Å²) in [5.41, 5.74) is 13.6. The first-order valence-corrected chi connectivity index (χ1v) is 13.1. The number of thiol groups is 1. The van der Waals surface area contributed by atoms with Gasteiger partial charge in [-0.3, -0.25) is 19.2 Å². The number of nitrogens with one attached hydrogen (secondary N) is 4. The molecule has 212 valence electrons. The molecule has 13 heteroatoms. The summed E-state index contributed by atoms with van der Waals surface area (Å²) in [6, 6.07) is 11.3. The Morgan fingerprint density at radius 1 is 0.825 bits per heavy atom. The standard InChI is InChI=1S/C27H32N6O6S/c28-18(10-15-6-2-1-3-7-15)24(35)31-20(12-23(29)34)25(36)33-22(14-40)26(37)32-21(27(38)39)11-16-13-30-19-9-5-4-8-17(16)19/h1-9,13,18,20-22,30,40H,10-12,14,28H2,(H2,29,34)(H,31,35)(H,32,37)(H,33,36)(H,38,39). The van der Waals surface area contributed by atoms with Gasteiger partial charge in [0.15, 0.2) is 0 Å². The second-order valence-corrected chi connectivity index (χ2v) is 9.60. The molecule has 0 radical (unpaired) electrons. The number of carboxylic acid groups (broad SMARTS) is 1. The highest BCUT2D eigenvalue weighted by atomic mass is 32.1. The third-order valence-electron chi connectivity index (χ3n) is 6.20. The maximum Gasteiger partial charge on any atom is 0.326 e. The molecule has 0 saturated heterocycles. The second-order valence-electron chi connectivity index (χ2n) is 9.23. The summed E-state index contributed by atoms with van der Waals surface area (Å²) >= 11 is 4.11. The van der Waals surface area contributed by atoms with Crippen LogP contribution in [-0.4, -0.2) is 69.6 Å². The van der Waals surface area contributed by atoms with Crippen molar-refractivity contribution in [2.45, 2.75) is 43.4 Å². The smallest absolute Gasteiger partial charge is 0.326 e. The van der Waals surface area contributed by atoms with E-state index in [4.69, 9.17) is 11.5 Å². The van der Waals surface area contributed by atoms with Gasteiger partial charge in [0.1, 0.15) is 18.1 Å². The van der Waals surface area contributed by atoms with Crippen molar-refractivity contribution in [2.75, 3.05) is 5.75 Å². The summed E-state index contributed by atoms with van der Waals surface area (Å²) in [4.78, 5) is 65.2. The minimum Gasteiger partial charge on any atom is -0.480 e. The van der Waals surface area contributed by atoms with E-state index in [2.05, 4.69) is 33.6 Å². The number of carboxylic acids is 1. The van der Waals surface area contributed by atoms with Gasteiger partial charge < -0.3 is 37.5 Å². The van der Waals surface area contributed by atoms with Gasteiger partial charge in [-0.1, -0.05) is 48.5 Å². The van der Waals surface area contributed by atoms with Crippen LogP contribution >= 0.6 is 12.6 Å². The minimum absolute atomic E-state index is 0.0159. The second kappa shape index (κ2) is 14.1. The molecule has 3 aromatic rings. The van der Waals surface area contributed by atoms with Crippen molar-refractivity contribution in [1.29, 1.82) is 0 Å². The zero-order valence-electron chi connectivity index (χ0n) is 21.5. The number of carbonyl (C=O) groups is 5. The van der Waals surface area contributed by atoms with Crippen LogP contribution in [0.15, 0.2) is 60.8 Å². The van der Waals surface area contributed by atoms with E-state index in [0.29, 0.717) is 5.56 Å². The molecule has 1 aromatic heterocycles. The first kappa shape index (κ1) is 30.2. The maximum atomic E-state index is 13.0. The van der Waals surface area contributed by atoms with Crippen LogP contribution in [0.25, 0.3) is 10.9 Å². The molecule has 0 aliphatic carbocycles. The number of nitrogens with two attached hydrogens (primary N) is 2. The summed E-state index contributed by atoms with van der Waals surface area (Å²) < 4.78 is 0. The number of aromatic amines is 1. The number of primary amides is 1. The fraction of sp³-hybridized carbons (Fsp3) is 0.296. The highest BCUT2D eigenvalue weighted by Gasteiger charge is 2.31. The van der Waals surface area contributed by atoms with Crippen LogP contribution < -0.4 is 27.4 Å². The quantitative estimate of drug-likeness (QED) is 0.121. The summed E-state index contributed by atoms with van der Waals surface area (Å²) in [5, 5.41) is 17.8. The number of benzene rings is 2. The van der Waals surface area contributed by atoms with Crippen molar-refractivity contribution >= 4 is 53.1 Å². The Morgan fingerprint density at radius 2 is 1.43 bits per heavy atom. The topological polar surface area (TPSA) is 209 Å². The predicted molar refractivity (Wildman–Crippen MR) is 151 cm³/mol. The van der Waals surface area contributed by atoms with Crippen LogP contribution in [0, 0.1) is 0 Å². The van der Waals surface area contributed by atoms with E-state index >= 15 is 0 Å². The van der Waals surface area contributed by atoms with Gasteiger partial charge in [-0.15, -0.1) is 0 Å². The van der Waals surface area contributed by atoms with Crippen molar-refractivity contribution in [3.05, 3.63) is 71.9 Å². The zero-order chi connectivity index (χ0) is 29.2. The SMILES string of the molecule is NC(=O)CC(NC(=O)C(N)Cc1ccccc1)C(=O)NC(CS)C(=O)NC(Cc1c[nH]c2ccccc12)C(=O)O. The lowest BCUT2D eigenvalue weighted by molar-refractivity contribution is -0.142. The molecule has 0 saturated carbocycles. The highest BCUT2D eigenvalue weighted by Crippen LogP contribution is 2.19. The van der Waals surface area contributed by atoms with Crippen molar-refractivity contribution in [3.63, 3.8) is 0 Å². The molecule has 0 spiro atoms. The Kier molecular flexibility index (Phi) is 10.7. The van der Waals surface area contributed by atoms with Gasteiger partial charge in [0.2, 0.25) is 23.6 Å². The summed E-state index contributed by atoms with van der Waals surface area (Å²) in [7, 11) is 0. The number of H-pyrrole nitrogens is 1. The van der Waals surface area contributed by atoms with Crippen LogP contribution in [-0.2, 0) is 36.8 Å². The first-order chi connectivity index (χ1) is 19.1. The molecule has 4 unspecified atom stereocenters. The number of carbonyl (C=O) groups excluding carboxylic acids is 4. The van der Waals surface area contributed by atoms with Gasteiger partial charge in [-0.2, -0.15) is 12.6 Å². The first-order valence-electron chi connectivity index (χ1n) is 12.5. The summed E-state index contributed by atoms with van der Waals surface area (Å²) in [5.74, 6) is -4.70. The summed E-state index contributed by atoms with van der Waals surface area (Å²) in [6.07, 6.45) is 1.29. The van der Waals surface area contributed by atoms with Crippen LogP contribution in [0.4, 0.5) is 0 Å². The number of para-hydroxylation sites is 1. The fourth-order valence-electron chi connectivity index (χ4n) is 4.11. The van der Waals surface area contributed by atoms with E-state index in [1.54, 1.807) is 30.5 Å². The molecule has 0 aliphatic heterocycles. The number of amides is 4. The predicted octanol–water partition coefficient (Wildman–Crippen LogP) is -0.375. The van der Waals surface area contributed by atoms with Crippen LogP contribution in [0.5, 0.6) is 0 Å². The third-order valence-corrected chi connectivity index (χ3v) is 6.57. The third kappa shape index (κ3) is 8.32.